The van der Waals surface area contributed by atoms with E-state index in [4.69, 9.17) is 4.74 Å². The predicted molar refractivity (Wildman–Crippen MR) is 83.8 cm³/mol. The predicted octanol–water partition coefficient (Wildman–Crippen LogP) is 3.14. The Labute approximate surface area is 133 Å². The summed E-state index contributed by atoms with van der Waals surface area (Å²) in [5.74, 6) is -0.309. The first-order valence-electron chi connectivity index (χ1n) is 5.66. The summed E-state index contributed by atoms with van der Waals surface area (Å²) >= 11 is 5.46. The molecular weight excluding hydrogens is 425 g/mol. The van der Waals surface area contributed by atoms with E-state index in [1.807, 2.05) is 26.8 Å². The second-order valence-corrected chi connectivity index (χ2v) is 6.89. The molecule has 0 aliphatic carbocycles. The summed E-state index contributed by atoms with van der Waals surface area (Å²) in [5.41, 5.74) is 0.326. The van der Waals surface area contributed by atoms with Crippen LogP contribution in [0.1, 0.15) is 20.8 Å². The number of carbonyl (C=O) groups excluding carboxylic acids is 1. The fourth-order valence-corrected chi connectivity index (χ4v) is 2.65. The lowest BCUT2D eigenvalue weighted by atomic mass is 10.2. The minimum Gasteiger partial charge on any atom is -0.459 e. The Morgan fingerprint density at radius 2 is 2.21 bits per heavy atom. The molecule has 7 heteroatoms. The van der Waals surface area contributed by atoms with Crippen molar-refractivity contribution in [1.82, 2.24) is 14.8 Å². The van der Waals surface area contributed by atoms with Gasteiger partial charge in [0.15, 0.2) is 0 Å². The molecule has 0 aromatic carbocycles. The fourth-order valence-electron chi connectivity index (χ4n) is 1.62. The van der Waals surface area contributed by atoms with Crippen molar-refractivity contribution in [3.05, 3.63) is 20.6 Å². The molecule has 0 atom stereocenters. The van der Waals surface area contributed by atoms with E-state index in [1.165, 1.54) is 0 Å². The molecule has 2 heterocycles. The third kappa shape index (κ3) is 3.65. The number of hydrogen-bond donors (Lipinski definition) is 0. The monoisotopic (exact) mass is 437 g/mol. The summed E-state index contributed by atoms with van der Waals surface area (Å²) in [6.07, 6.45) is 1.69. The van der Waals surface area contributed by atoms with Crippen molar-refractivity contribution in [2.24, 2.45) is 0 Å². The van der Waals surface area contributed by atoms with Crippen molar-refractivity contribution in [1.29, 1.82) is 0 Å². The molecule has 0 amide bonds. The lowest BCUT2D eigenvalue weighted by Gasteiger charge is -2.19. The molecule has 0 N–H and O–H groups in total. The van der Waals surface area contributed by atoms with Gasteiger partial charge in [-0.25, -0.2) is 4.98 Å². The van der Waals surface area contributed by atoms with Crippen LogP contribution in [0.4, 0.5) is 0 Å². The Bertz CT molecular complexity index is 634. The molecule has 102 valence electrons. The second-order valence-electron chi connectivity index (χ2n) is 5.06. The van der Waals surface area contributed by atoms with E-state index < -0.39 is 5.60 Å². The number of nitrogens with zero attached hydrogens (tertiary/aromatic N) is 3. The Morgan fingerprint density at radius 1 is 1.53 bits per heavy atom. The van der Waals surface area contributed by atoms with Gasteiger partial charge in [0, 0.05) is 5.39 Å². The summed E-state index contributed by atoms with van der Waals surface area (Å²) in [6.45, 7) is 5.61. The molecule has 2 aromatic heterocycles. The number of hydrogen-bond acceptors (Lipinski definition) is 4. The zero-order valence-corrected chi connectivity index (χ0v) is 14.5. The minimum atomic E-state index is -0.492. The van der Waals surface area contributed by atoms with E-state index in [9.17, 15) is 4.79 Å². The summed E-state index contributed by atoms with van der Waals surface area (Å²) in [7, 11) is 0. The molecule has 0 fully saturated rings. The van der Waals surface area contributed by atoms with E-state index in [1.54, 1.807) is 10.9 Å². The quantitative estimate of drug-likeness (QED) is 0.411. The number of ether oxygens (including phenoxy) is 1. The molecule has 2 aromatic rings. The van der Waals surface area contributed by atoms with Gasteiger partial charge in [-0.15, -0.1) is 0 Å². The number of rotatable bonds is 2. The first-order valence-corrected chi connectivity index (χ1v) is 7.53. The highest BCUT2D eigenvalue weighted by Crippen LogP contribution is 2.22. The SMILES string of the molecule is CC(C)(C)OC(=O)Cn1nc(I)c2cc(Br)ncc21. The normalized spacial score (nSPS) is 11.8. The first kappa shape index (κ1) is 14.7. The molecule has 2 rings (SSSR count). The topological polar surface area (TPSA) is 57.0 Å². The molecule has 0 saturated heterocycles. The van der Waals surface area contributed by atoms with Crippen LogP contribution in [0.5, 0.6) is 0 Å². The molecule has 0 aliphatic heterocycles. The van der Waals surface area contributed by atoms with Crippen LogP contribution in [0.2, 0.25) is 0 Å². The van der Waals surface area contributed by atoms with Crippen LogP contribution in [0, 0.1) is 3.70 Å². The van der Waals surface area contributed by atoms with Crippen LogP contribution in [0.25, 0.3) is 10.9 Å². The van der Waals surface area contributed by atoms with Crippen LogP contribution >= 0.6 is 38.5 Å². The molecule has 5 nitrogen and oxygen atoms in total. The van der Waals surface area contributed by atoms with Gasteiger partial charge in [-0.3, -0.25) is 9.48 Å². The van der Waals surface area contributed by atoms with Gasteiger partial charge in [-0.05, 0) is 65.4 Å². The number of pyridine rings is 1. The number of fused-ring (bicyclic) bond motifs is 1. The van der Waals surface area contributed by atoms with E-state index in [-0.39, 0.29) is 12.5 Å². The van der Waals surface area contributed by atoms with Gasteiger partial charge < -0.3 is 4.74 Å². The van der Waals surface area contributed by atoms with Gasteiger partial charge in [0.2, 0.25) is 0 Å². The lowest BCUT2D eigenvalue weighted by Crippen LogP contribution is -2.26. The van der Waals surface area contributed by atoms with Crippen LogP contribution < -0.4 is 0 Å². The number of aromatic nitrogens is 3. The average molecular weight is 438 g/mol. The zero-order valence-electron chi connectivity index (χ0n) is 10.8. The van der Waals surface area contributed by atoms with E-state index in [0.29, 0.717) is 0 Å². The second kappa shape index (κ2) is 5.35. The summed E-state index contributed by atoms with van der Waals surface area (Å²) in [4.78, 5) is 16.0. The van der Waals surface area contributed by atoms with Crippen LogP contribution in [0.15, 0.2) is 16.9 Å². The molecular formula is C12H13BrIN3O2. The Kier molecular flexibility index (Phi) is 4.14. The van der Waals surface area contributed by atoms with E-state index >= 15 is 0 Å². The highest BCUT2D eigenvalue weighted by Gasteiger charge is 2.18. The maximum absolute atomic E-state index is 11.8. The highest BCUT2D eigenvalue weighted by atomic mass is 127. The van der Waals surface area contributed by atoms with Crippen molar-refractivity contribution in [3.8, 4) is 0 Å². The minimum absolute atomic E-state index is 0.0834. The summed E-state index contributed by atoms with van der Waals surface area (Å²) in [6, 6.07) is 1.88. The fraction of sp³-hybridized carbons (Fsp3) is 0.417. The lowest BCUT2D eigenvalue weighted by molar-refractivity contribution is -0.155. The van der Waals surface area contributed by atoms with Crippen LogP contribution in [-0.2, 0) is 16.1 Å². The third-order valence-electron chi connectivity index (χ3n) is 2.26. The van der Waals surface area contributed by atoms with Crippen molar-refractivity contribution in [2.45, 2.75) is 32.9 Å². The largest absolute Gasteiger partial charge is 0.459 e. The standard InChI is InChI=1S/C12H13BrIN3O2/c1-12(2,3)19-10(18)6-17-8-5-15-9(13)4-7(8)11(14)16-17/h4-5H,6H2,1-3H3. The van der Waals surface area contributed by atoms with E-state index in [2.05, 4.69) is 48.6 Å². The molecule has 0 bridgehead atoms. The number of carbonyl (C=O) groups is 1. The average Bonchev–Trinajstić information content (AvgIpc) is 2.52. The Hall–Kier alpha value is -0.700. The van der Waals surface area contributed by atoms with Gasteiger partial charge >= 0.3 is 5.97 Å². The van der Waals surface area contributed by atoms with Gasteiger partial charge in [0.05, 0.1) is 11.7 Å². The number of esters is 1. The first-order chi connectivity index (χ1) is 8.76. The maximum atomic E-state index is 11.8. The van der Waals surface area contributed by atoms with Crippen LogP contribution in [0.3, 0.4) is 0 Å². The van der Waals surface area contributed by atoms with Crippen molar-refractivity contribution < 1.29 is 9.53 Å². The van der Waals surface area contributed by atoms with Crippen molar-refractivity contribution in [3.63, 3.8) is 0 Å². The molecule has 19 heavy (non-hydrogen) atoms. The van der Waals surface area contributed by atoms with Gasteiger partial charge in [0.25, 0.3) is 0 Å². The molecule has 0 unspecified atom stereocenters. The Balaban J connectivity index is 2.29. The number of halogens is 2. The summed E-state index contributed by atoms with van der Waals surface area (Å²) in [5, 5.41) is 5.31. The van der Waals surface area contributed by atoms with Gasteiger partial charge in [-0.2, -0.15) is 5.10 Å². The van der Waals surface area contributed by atoms with Crippen molar-refractivity contribution in [2.75, 3.05) is 0 Å². The molecule has 0 radical (unpaired) electrons. The molecule has 0 saturated carbocycles. The molecule has 0 spiro atoms. The van der Waals surface area contributed by atoms with Crippen molar-refractivity contribution >= 4 is 55.4 Å². The maximum Gasteiger partial charge on any atom is 0.328 e. The van der Waals surface area contributed by atoms with Gasteiger partial charge in [0.1, 0.15) is 20.4 Å². The highest BCUT2D eigenvalue weighted by molar-refractivity contribution is 14.1. The Morgan fingerprint density at radius 3 is 2.84 bits per heavy atom. The van der Waals surface area contributed by atoms with E-state index in [0.717, 1.165) is 19.2 Å². The van der Waals surface area contributed by atoms with Gasteiger partial charge in [-0.1, -0.05) is 0 Å². The summed E-state index contributed by atoms with van der Waals surface area (Å²) < 4.78 is 8.49. The van der Waals surface area contributed by atoms with Crippen LogP contribution in [-0.4, -0.2) is 26.3 Å². The smallest absolute Gasteiger partial charge is 0.328 e. The zero-order chi connectivity index (χ0) is 14.2. The third-order valence-corrected chi connectivity index (χ3v) is 3.49. The molecule has 0 aliphatic rings.